The van der Waals surface area contributed by atoms with Gasteiger partial charge >= 0.3 is 0 Å². The highest BCUT2D eigenvalue weighted by Gasteiger charge is 2.00. The molecule has 0 spiro atoms. The summed E-state index contributed by atoms with van der Waals surface area (Å²) in [5.41, 5.74) is 5.73. The Bertz CT molecular complexity index is 543. The van der Waals surface area contributed by atoms with Crippen molar-refractivity contribution in [1.29, 1.82) is 0 Å². The van der Waals surface area contributed by atoms with Gasteiger partial charge in [-0.15, -0.1) is 11.3 Å². The van der Waals surface area contributed by atoms with Crippen molar-refractivity contribution in [2.45, 2.75) is 0 Å². The highest BCUT2D eigenvalue weighted by molar-refractivity contribution is 7.12. The van der Waals surface area contributed by atoms with Crippen LogP contribution in [-0.4, -0.2) is 19.0 Å². The Hall–Kier alpha value is -1.72. The first-order chi connectivity index (χ1) is 9.27. The molecule has 2 rings (SSSR count). The zero-order valence-corrected chi connectivity index (χ0v) is 11.7. The molecule has 100 valence electrons. The fourth-order valence-electron chi connectivity index (χ4n) is 1.34. The predicted octanol–water partition coefficient (Wildman–Crippen LogP) is 3.12. The highest BCUT2D eigenvalue weighted by atomic mass is 35.5. The first-order valence-electron chi connectivity index (χ1n) is 5.64. The van der Waals surface area contributed by atoms with Gasteiger partial charge in [-0.25, -0.2) is 0 Å². The predicted molar refractivity (Wildman–Crippen MR) is 77.9 cm³/mol. The molecule has 0 radical (unpaired) electrons. The molecule has 0 aliphatic carbocycles. The summed E-state index contributed by atoms with van der Waals surface area (Å²) in [7, 11) is 0. The molecule has 0 aliphatic heterocycles. The number of rotatable bonds is 6. The molecule has 0 saturated carbocycles. The van der Waals surface area contributed by atoms with Crippen molar-refractivity contribution < 1.29 is 9.57 Å². The van der Waals surface area contributed by atoms with Gasteiger partial charge in [0, 0.05) is 0 Å². The average Bonchev–Trinajstić information content (AvgIpc) is 2.94. The minimum Gasteiger partial charge on any atom is -0.488 e. The first kappa shape index (κ1) is 13.7. The third kappa shape index (κ3) is 4.15. The van der Waals surface area contributed by atoms with Crippen molar-refractivity contribution in [2.24, 2.45) is 10.9 Å². The van der Waals surface area contributed by atoms with Crippen LogP contribution in [0.25, 0.3) is 0 Å². The SMILES string of the molecule is NC(=NOCCOc1ccccc1Cl)c1cccs1. The van der Waals surface area contributed by atoms with Crippen LogP contribution >= 0.6 is 22.9 Å². The minimum absolute atomic E-state index is 0.303. The number of para-hydroxylation sites is 1. The number of halogens is 1. The topological polar surface area (TPSA) is 56.8 Å². The van der Waals surface area contributed by atoms with Crippen molar-refractivity contribution in [2.75, 3.05) is 13.2 Å². The molecule has 0 aliphatic rings. The Morgan fingerprint density at radius 3 is 2.79 bits per heavy atom. The Balaban J connectivity index is 1.73. The molecule has 6 heteroatoms. The number of hydrogen-bond acceptors (Lipinski definition) is 4. The van der Waals surface area contributed by atoms with Crippen molar-refractivity contribution >= 4 is 28.8 Å². The molecule has 0 saturated heterocycles. The number of benzene rings is 1. The van der Waals surface area contributed by atoms with E-state index in [9.17, 15) is 0 Å². The maximum atomic E-state index is 5.94. The zero-order chi connectivity index (χ0) is 13.5. The number of oxime groups is 1. The number of thiophene rings is 1. The zero-order valence-electron chi connectivity index (χ0n) is 10.1. The third-order valence-electron chi connectivity index (χ3n) is 2.21. The largest absolute Gasteiger partial charge is 0.488 e. The molecule has 1 heterocycles. The molecule has 2 N–H and O–H groups in total. The van der Waals surface area contributed by atoms with Crippen LogP contribution in [0, 0.1) is 0 Å². The van der Waals surface area contributed by atoms with E-state index in [4.69, 9.17) is 26.9 Å². The van der Waals surface area contributed by atoms with Crippen LogP contribution in [-0.2, 0) is 4.84 Å². The molecule has 0 amide bonds. The van der Waals surface area contributed by atoms with Gasteiger partial charge in [0.15, 0.2) is 12.4 Å². The van der Waals surface area contributed by atoms with Crippen molar-refractivity contribution in [3.05, 3.63) is 51.7 Å². The van der Waals surface area contributed by atoms with Gasteiger partial charge in [0.1, 0.15) is 12.4 Å². The summed E-state index contributed by atoms with van der Waals surface area (Å²) in [5, 5.41) is 6.31. The maximum absolute atomic E-state index is 5.94. The standard InChI is InChI=1S/C13H13ClN2O2S/c14-10-4-1-2-5-11(10)17-7-8-18-16-13(15)12-6-3-9-19-12/h1-6,9H,7-8H2,(H2,15,16). The summed E-state index contributed by atoms with van der Waals surface area (Å²) in [6.07, 6.45) is 0. The lowest BCUT2D eigenvalue weighted by molar-refractivity contribution is 0.107. The number of amidine groups is 1. The van der Waals surface area contributed by atoms with Gasteiger partial charge in [-0.2, -0.15) is 0 Å². The molecule has 2 aromatic rings. The van der Waals surface area contributed by atoms with E-state index in [0.717, 1.165) is 4.88 Å². The van der Waals surface area contributed by atoms with Crippen LogP contribution in [0.3, 0.4) is 0 Å². The van der Waals surface area contributed by atoms with Crippen LogP contribution in [0.4, 0.5) is 0 Å². The minimum atomic E-state index is 0.303. The van der Waals surface area contributed by atoms with Crippen molar-refractivity contribution in [3.63, 3.8) is 0 Å². The molecule has 0 fully saturated rings. The van der Waals surface area contributed by atoms with E-state index in [2.05, 4.69) is 5.16 Å². The molecule has 19 heavy (non-hydrogen) atoms. The summed E-state index contributed by atoms with van der Waals surface area (Å²) in [6.45, 7) is 0.655. The van der Waals surface area contributed by atoms with E-state index in [1.54, 1.807) is 12.1 Å². The number of ether oxygens (including phenoxy) is 1. The Labute approximate surface area is 120 Å². The van der Waals surface area contributed by atoms with Gasteiger partial charge in [-0.1, -0.05) is 35.0 Å². The summed E-state index contributed by atoms with van der Waals surface area (Å²) in [6, 6.07) is 11.1. The van der Waals surface area contributed by atoms with E-state index in [-0.39, 0.29) is 0 Å². The maximum Gasteiger partial charge on any atom is 0.180 e. The summed E-state index contributed by atoms with van der Waals surface area (Å²) >= 11 is 7.45. The monoisotopic (exact) mass is 296 g/mol. The molecular weight excluding hydrogens is 284 g/mol. The van der Waals surface area contributed by atoms with Gasteiger partial charge in [0.25, 0.3) is 0 Å². The van der Waals surface area contributed by atoms with Crippen LogP contribution in [0.1, 0.15) is 4.88 Å². The second kappa shape index (κ2) is 7.01. The van der Waals surface area contributed by atoms with Crippen LogP contribution in [0.5, 0.6) is 5.75 Å². The van der Waals surface area contributed by atoms with Crippen LogP contribution in [0.15, 0.2) is 46.9 Å². The fraction of sp³-hybridized carbons (Fsp3) is 0.154. The van der Waals surface area contributed by atoms with Gasteiger partial charge in [0.05, 0.1) is 9.90 Å². The molecule has 0 unspecified atom stereocenters. The average molecular weight is 297 g/mol. The third-order valence-corrected chi connectivity index (χ3v) is 3.41. The molecule has 0 atom stereocenters. The normalized spacial score (nSPS) is 11.3. The van der Waals surface area contributed by atoms with Gasteiger partial charge < -0.3 is 15.3 Å². The number of nitrogens with two attached hydrogens (primary N) is 1. The quantitative estimate of drug-likeness (QED) is 0.386. The van der Waals surface area contributed by atoms with E-state index in [1.807, 2.05) is 29.6 Å². The molecular formula is C13H13ClN2O2S. The second-order valence-corrected chi connectivity index (χ2v) is 4.92. The van der Waals surface area contributed by atoms with E-state index in [0.29, 0.717) is 29.8 Å². The molecule has 0 bridgehead atoms. The number of nitrogens with zero attached hydrogens (tertiary/aromatic N) is 1. The Morgan fingerprint density at radius 2 is 2.05 bits per heavy atom. The fourth-order valence-corrected chi connectivity index (χ4v) is 2.14. The summed E-state index contributed by atoms with van der Waals surface area (Å²) in [4.78, 5) is 5.96. The lowest BCUT2D eigenvalue weighted by Crippen LogP contribution is -2.13. The lowest BCUT2D eigenvalue weighted by Gasteiger charge is -2.06. The Morgan fingerprint density at radius 1 is 1.21 bits per heavy atom. The molecule has 4 nitrogen and oxygen atoms in total. The smallest absolute Gasteiger partial charge is 0.180 e. The van der Waals surface area contributed by atoms with Crippen LogP contribution in [0.2, 0.25) is 5.02 Å². The first-order valence-corrected chi connectivity index (χ1v) is 6.90. The molecule has 1 aromatic heterocycles. The van der Waals surface area contributed by atoms with Gasteiger partial charge in [-0.05, 0) is 23.6 Å². The van der Waals surface area contributed by atoms with E-state index < -0.39 is 0 Å². The van der Waals surface area contributed by atoms with Gasteiger partial charge in [-0.3, -0.25) is 0 Å². The summed E-state index contributed by atoms with van der Waals surface area (Å²) < 4.78 is 5.44. The van der Waals surface area contributed by atoms with Crippen molar-refractivity contribution in [1.82, 2.24) is 0 Å². The van der Waals surface area contributed by atoms with E-state index in [1.165, 1.54) is 11.3 Å². The second-order valence-electron chi connectivity index (χ2n) is 3.57. The van der Waals surface area contributed by atoms with Gasteiger partial charge in [0.2, 0.25) is 0 Å². The highest BCUT2D eigenvalue weighted by Crippen LogP contribution is 2.22. The Kier molecular flexibility index (Phi) is 5.06. The van der Waals surface area contributed by atoms with E-state index >= 15 is 0 Å². The summed E-state index contributed by atoms with van der Waals surface area (Å²) in [5.74, 6) is 0.996. The number of hydrogen-bond donors (Lipinski definition) is 1. The van der Waals surface area contributed by atoms with Crippen LogP contribution < -0.4 is 10.5 Å². The lowest BCUT2D eigenvalue weighted by atomic mass is 10.3. The van der Waals surface area contributed by atoms with Crippen molar-refractivity contribution in [3.8, 4) is 5.75 Å². The molecule has 1 aromatic carbocycles.